The molecule has 1 fully saturated rings. The summed E-state index contributed by atoms with van der Waals surface area (Å²) in [6.07, 6.45) is 6.79. The van der Waals surface area contributed by atoms with E-state index in [0.29, 0.717) is 12.1 Å². The summed E-state index contributed by atoms with van der Waals surface area (Å²) in [5.41, 5.74) is 0. The maximum Gasteiger partial charge on any atom is 0.0672 e. The fourth-order valence-corrected chi connectivity index (χ4v) is 2.84. The average Bonchev–Trinajstić information content (AvgIpc) is 2.64. The summed E-state index contributed by atoms with van der Waals surface area (Å²) in [6.45, 7) is 2.21. The van der Waals surface area contributed by atoms with Gasteiger partial charge in [-0.1, -0.05) is 13.3 Å². The second kappa shape index (κ2) is 6.31. The van der Waals surface area contributed by atoms with Gasteiger partial charge in [-0.05, 0) is 25.5 Å². The first-order valence-electron chi connectivity index (χ1n) is 5.46. The Hall–Kier alpha value is -0.200. The Morgan fingerprint density at radius 1 is 1.57 bits per heavy atom. The lowest BCUT2D eigenvalue weighted by Gasteiger charge is -2.22. The summed E-state index contributed by atoms with van der Waals surface area (Å²) in [5.74, 6) is 1.41. The molecular formula is C11H20N2S. The van der Waals surface area contributed by atoms with Crippen molar-refractivity contribution in [2.45, 2.75) is 44.7 Å². The smallest absolute Gasteiger partial charge is 0.0672 e. The summed E-state index contributed by atoms with van der Waals surface area (Å²) in [7, 11) is 0. The Labute approximate surface area is 91.4 Å². The van der Waals surface area contributed by atoms with Gasteiger partial charge in [-0.2, -0.15) is 17.0 Å². The van der Waals surface area contributed by atoms with Crippen molar-refractivity contribution in [1.29, 1.82) is 5.26 Å². The molecule has 0 aliphatic heterocycles. The summed E-state index contributed by atoms with van der Waals surface area (Å²) in [5, 5.41) is 12.6. The Kier molecular flexibility index (Phi) is 5.36. The Morgan fingerprint density at radius 2 is 2.36 bits per heavy atom. The van der Waals surface area contributed by atoms with Gasteiger partial charge in [0.25, 0.3) is 0 Å². The maximum absolute atomic E-state index is 8.96. The monoisotopic (exact) mass is 212 g/mol. The van der Waals surface area contributed by atoms with Crippen molar-refractivity contribution in [3.63, 3.8) is 0 Å². The van der Waals surface area contributed by atoms with Gasteiger partial charge in [0, 0.05) is 17.8 Å². The number of nitrogens with one attached hydrogen (secondary N) is 1. The molecule has 14 heavy (non-hydrogen) atoms. The quantitative estimate of drug-likeness (QED) is 0.760. The van der Waals surface area contributed by atoms with Crippen LogP contribution in [0.5, 0.6) is 0 Å². The lowest BCUT2D eigenvalue weighted by molar-refractivity contribution is 0.407. The molecule has 0 aromatic heterocycles. The average molecular weight is 212 g/mol. The number of rotatable bonds is 5. The molecule has 1 N–H and O–H groups in total. The van der Waals surface area contributed by atoms with Gasteiger partial charge in [-0.3, -0.25) is 0 Å². The largest absolute Gasteiger partial charge is 0.309 e. The van der Waals surface area contributed by atoms with Crippen LogP contribution in [-0.4, -0.2) is 24.1 Å². The highest BCUT2D eigenvalue weighted by Crippen LogP contribution is 2.25. The van der Waals surface area contributed by atoms with Gasteiger partial charge < -0.3 is 5.32 Å². The van der Waals surface area contributed by atoms with Crippen LogP contribution in [0.4, 0.5) is 0 Å². The number of nitriles is 1. The van der Waals surface area contributed by atoms with Gasteiger partial charge in [0.2, 0.25) is 0 Å². The zero-order valence-corrected chi connectivity index (χ0v) is 9.94. The fourth-order valence-electron chi connectivity index (χ4n) is 2.10. The molecule has 0 saturated heterocycles. The number of thioether (sulfide) groups is 1. The standard InChI is InChI=1S/C11H20N2S/c1-3-10(8-14-2)13-11-6-4-5-9(11)7-12/h9-11,13H,3-6,8H2,1-2H3. The summed E-state index contributed by atoms with van der Waals surface area (Å²) < 4.78 is 0. The van der Waals surface area contributed by atoms with Crippen molar-refractivity contribution >= 4 is 11.8 Å². The molecule has 3 heteroatoms. The molecule has 0 bridgehead atoms. The lowest BCUT2D eigenvalue weighted by atomic mass is 10.0. The van der Waals surface area contributed by atoms with Crippen LogP contribution in [0.2, 0.25) is 0 Å². The van der Waals surface area contributed by atoms with Gasteiger partial charge in [-0.15, -0.1) is 0 Å². The second-order valence-corrected chi connectivity index (χ2v) is 4.91. The minimum absolute atomic E-state index is 0.255. The zero-order valence-electron chi connectivity index (χ0n) is 9.12. The molecule has 0 aromatic rings. The molecule has 2 nitrogen and oxygen atoms in total. The van der Waals surface area contributed by atoms with Gasteiger partial charge in [0.05, 0.1) is 12.0 Å². The highest BCUT2D eigenvalue weighted by atomic mass is 32.2. The minimum atomic E-state index is 0.255. The summed E-state index contributed by atoms with van der Waals surface area (Å²) in [4.78, 5) is 0. The summed E-state index contributed by atoms with van der Waals surface area (Å²) in [6, 6.07) is 3.46. The van der Waals surface area contributed by atoms with Crippen molar-refractivity contribution in [1.82, 2.24) is 5.32 Å². The molecule has 1 aliphatic rings. The van der Waals surface area contributed by atoms with Gasteiger partial charge in [0.15, 0.2) is 0 Å². The van der Waals surface area contributed by atoms with E-state index in [2.05, 4.69) is 24.6 Å². The molecule has 1 saturated carbocycles. The maximum atomic E-state index is 8.96. The van der Waals surface area contributed by atoms with E-state index < -0.39 is 0 Å². The van der Waals surface area contributed by atoms with E-state index >= 15 is 0 Å². The third kappa shape index (κ3) is 3.18. The van der Waals surface area contributed by atoms with E-state index in [0.717, 1.165) is 18.6 Å². The van der Waals surface area contributed by atoms with Crippen LogP contribution in [0.3, 0.4) is 0 Å². The molecule has 3 unspecified atom stereocenters. The first-order chi connectivity index (χ1) is 6.81. The molecular weight excluding hydrogens is 192 g/mol. The van der Waals surface area contributed by atoms with E-state index in [4.69, 9.17) is 5.26 Å². The number of hydrogen-bond donors (Lipinski definition) is 1. The van der Waals surface area contributed by atoms with Crippen molar-refractivity contribution in [3.8, 4) is 6.07 Å². The van der Waals surface area contributed by atoms with Crippen molar-refractivity contribution in [3.05, 3.63) is 0 Å². The van der Waals surface area contributed by atoms with Crippen LogP contribution in [0, 0.1) is 17.2 Å². The molecule has 0 amide bonds. The van der Waals surface area contributed by atoms with Crippen LogP contribution in [0.25, 0.3) is 0 Å². The third-order valence-electron chi connectivity index (χ3n) is 2.99. The Morgan fingerprint density at radius 3 is 2.93 bits per heavy atom. The van der Waals surface area contributed by atoms with Crippen molar-refractivity contribution < 1.29 is 0 Å². The lowest BCUT2D eigenvalue weighted by Crippen LogP contribution is -2.41. The molecule has 3 atom stereocenters. The highest BCUT2D eigenvalue weighted by Gasteiger charge is 2.28. The van der Waals surface area contributed by atoms with E-state index in [1.807, 2.05) is 11.8 Å². The topological polar surface area (TPSA) is 35.8 Å². The van der Waals surface area contributed by atoms with Gasteiger partial charge >= 0.3 is 0 Å². The van der Waals surface area contributed by atoms with Crippen LogP contribution in [0.1, 0.15) is 32.6 Å². The predicted octanol–water partition coefficient (Wildman–Crippen LogP) is 2.41. The first-order valence-corrected chi connectivity index (χ1v) is 6.85. The first kappa shape index (κ1) is 11.9. The van der Waals surface area contributed by atoms with Crippen LogP contribution in [-0.2, 0) is 0 Å². The zero-order chi connectivity index (χ0) is 10.4. The molecule has 0 radical (unpaired) electrons. The van der Waals surface area contributed by atoms with Gasteiger partial charge in [0.1, 0.15) is 0 Å². The summed E-state index contributed by atoms with van der Waals surface area (Å²) >= 11 is 1.88. The minimum Gasteiger partial charge on any atom is -0.309 e. The molecule has 0 spiro atoms. The van der Waals surface area contributed by atoms with E-state index in [-0.39, 0.29) is 5.92 Å². The molecule has 0 aromatic carbocycles. The molecule has 0 heterocycles. The Balaban J connectivity index is 2.37. The second-order valence-electron chi connectivity index (χ2n) is 4.00. The van der Waals surface area contributed by atoms with Crippen LogP contribution >= 0.6 is 11.8 Å². The van der Waals surface area contributed by atoms with E-state index in [9.17, 15) is 0 Å². The van der Waals surface area contributed by atoms with Crippen molar-refractivity contribution in [2.24, 2.45) is 5.92 Å². The fraction of sp³-hybridized carbons (Fsp3) is 0.909. The van der Waals surface area contributed by atoms with Crippen LogP contribution < -0.4 is 5.32 Å². The SMILES string of the molecule is CCC(CSC)NC1CCCC1C#N. The Bertz CT molecular complexity index is 200. The molecule has 1 rings (SSSR count). The molecule has 1 aliphatic carbocycles. The normalized spacial score (nSPS) is 28.6. The van der Waals surface area contributed by atoms with Crippen LogP contribution in [0.15, 0.2) is 0 Å². The molecule has 80 valence electrons. The number of nitrogens with zero attached hydrogens (tertiary/aromatic N) is 1. The van der Waals surface area contributed by atoms with E-state index in [1.54, 1.807) is 0 Å². The third-order valence-corrected chi connectivity index (χ3v) is 3.73. The van der Waals surface area contributed by atoms with Gasteiger partial charge in [-0.25, -0.2) is 0 Å². The highest BCUT2D eigenvalue weighted by molar-refractivity contribution is 7.98. The predicted molar refractivity (Wildman–Crippen MR) is 62.3 cm³/mol. The number of hydrogen-bond acceptors (Lipinski definition) is 3. The van der Waals surface area contributed by atoms with E-state index in [1.165, 1.54) is 12.8 Å². The van der Waals surface area contributed by atoms with Crippen molar-refractivity contribution in [2.75, 3.05) is 12.0 Å².